The minimum absolute atomic E-state index is 0.0101. The van der Waals surface area contributed by atoms with E-state index in [9.17, 15) is 4.79 Å². The third kappa shape index (κ3) is 3.14. The average Bonchev–Trinajstić information content (AvgIpc) is 2.97. The van der Waals surface area contributed by atoms with E-state index in [-0.39, 0.29) is 11.9 Å². The molecule has 1 N–H and O–H groups in total. The maximum absolute atomic E-state index is 12.1. The number of hydrogen-bond donors (Lipinski definition) is 1. The third-order valence-corrected chi connectivity index (χ3v) is 3.66. The predicted octanol–water partition coefficient (Wildman–Crippen LogP) is 2.70. The summed E-state index contributed by atoms with van der Waals surface area (Å²) in [6.45, 7) is 2.53. The van der Waals surface area contributed by atoms with Gasteiger partial charge >= 0.3 is 0 Å². The normalized spacial score (nSPS) is 12.2. The SMILES string of the molecule is C[C@@H](NC(=O)CCn1ncc2ccccc21)c1cccnc1. The van der Waals surface area contributed by atoms with E-state index in [2.05, 4.69) is 15.4 Å². The Kier molecular flexibility index (Phi) is 4.14. The summed E-state index contributed by atoms with van der Waals surface area (Å²) in [4.78, 5) is 16.2. The number of amides is 1. The average molecular weight is 294 g/mol. The van der Waals surface area contributed by atoms with Gasteiger partial charge in [0.2, 0.25) is 5.91 Å². The Morgan fingerprint density at radius 1 is 1.23 bits per heavy atom. The van der Waals surface area contributed by atoms with Crippen molar-refractivity contribution in [2.75, 3.05) is 0 Å². The summed E-state index contributed by atoms with van der Waals surface area (Å²) in [7, 11) is 0. The Balaban J connectivity index is 1.58. The van der Waals surface area contributed by atoms with E-state index in [0.29, 0.717) is 13.0 Å². The molecule has 0 unspecified atom stereocenters. The quantitative estimate of drug-likeness (QED) is 0.787. The summed E-state index contributed by atoms with van der Waals surface area (Å²) in [5.41, 5.74) is 2.05. The van der Waals surface area contributed by atoms with Gasteiger partial charge in [0.25, 0.3) is 0 Å². The van der Waals surface area contributed by atoms with Gasteiger partial charge in [0, 0.05) is 24.2 Å². The second kappa shape index (κ2) is 6.39. The largest absolute Gasteiger partial charge is 0.349 e. The zero-order chi connectivity index (χ0) is 15.4. The number of aryl methyl sites for hydroxylation is 1. The van der Waals surface area contributed by atoms with E-state index in [1.54, 1.807) is 12.4 Å². The Morgan fingerprint density at radius 3 is 2.91 bits per heavy atom. The molecule has 0 fully saturated rings. The third-order valence-electron chi connectivity index (χ3n) is 3.66. The van der Waals surface area contributed by atoms with Gasteiger partial charge in [-0.1, -0.05) is 24.3 Å². The monoisotopic (exact) mass is 294 g/mol. The van der Waals surface area contributed by atoms with Crippen molar-refractivity contribution in [3.8, 4) is 0 Å². The number of carbonyl (C=O) groups is 1. The van der Waals surface area contributed by atoms with Crippen LogP contribution in [0, 0.1) is 0 Å². The molecule has 1 amide bonds. The summed E-state index contributed by atoms with van der Waals surface area (Å²) < 4.78 is 1.86. The molecular weight excluding hydrogens is 276 g/mol. The highest BCUT2D eigenvalue weighted by Crippen LogP contribution is 2.13. The second-order valence-corrected chi connectivity index (χ2v) is 5.25. The van der Waals surface area contributed by atoms with Gasteiger partial charge in [-0.05, 0) is 24.6 Å². The van der Waals surface area contributed by atoms with E-state index < -0.39 is 0 Å². The van der Waals surface area contributed by atoms with Crippen LogP contribution in [0.2, 0.25) is 0 Å². The maximum Gasteiger partial charge on any atom is 0.222 e. The lowest BCUT2D eigenvalue weighted by atomic mass is 10.1. The van der Waals surface area contributed by atoms with Crippen LogP contribution in [0.4, 0.5) is 0 Å². The van der Waals surface area contributed by atoms with Crippen molar-refractivity contribution in [1.82, 2.24) is 20.1 Å². The molecule has 3 aromatic rings. The zero-order valence-electron chi connectivity index (χ0n) is 12.4. The fourth-order valence-corrected chi connectivity index (χ4v) is 2.44. The molecule has 112 valence electrons. The molecule has 0 aliphatic rings. The summed E-state index contributed by atoms with van der Waals surface area (Å²) in [6.07, 6.45) is 5.72. The Bertz CT molecular complexity index is 766. The van der Waals surface area contributed by atoms with Gasteiger partial charge in [-0.25, -0.2) is 0 Å². The first kappa shape index (κ1) is 14.3. The minimum atomic E-state index is -0.0458. The highest BCUT2D eigenvalue weighted by Gasteiger charge is 2.10. The van der Waals surface area contributed by atoms with E-state index >= 15 is 0 Å². The maximum atomic E-state index is 12.1. The van der Waals surface area contributed by atoms with Crippen molar-refractivity contribution < 1.29 is 4.79 Å². The first-order valence-corrected chi connectivity index (χ1v) is 7.34. The van der Waals surface area contributed by atoms with Crippen LogP contribution in [0.3, 0.4) is 0 Å². The Labute approximate surface area is 129 Å². The van der Waals surface area contributed by atoms with Gasteiger partial charge in [0.05, 0.1) is 24.3 Å². The van der Waals surface area contributed by atoms with Crippen LogP contribution in [-0.4, -0.2) is 20.7 Å². The fourth-order valence-electron chi connectivity index (χ4n) is 2.44. The molecule has 0 saturated carbocycles. The minimum Gasteiger partial charge on any atom is -0.349 e. The standard InChI is InChI=1S/C17H18N4O/c1-13(14-6-4-9-18-11-14)20-17(22)8-10-21-16-7-3-2-5-15(16)12-19-21/h2-7,9,11-13H,8,10H2,1H3,(H,20,22)/t13-/m1/s1. The molecule has 2 aromatic heterocycles. The number of hydrogen-bond acceptors (Lipinski definition) is 3. The molecule has 22 heavy (non-hydrogen) atoms. The van der Waals surface area contributed by atoms with Gasteiger partial charge in [-0.15, -0.1) is 0 Å². The topological polar surface area (TPSA) is 59.8 Å². The number of carbonyl (C=O) groups excluding carboxylic acids is 1. The number of aromatic nitrogens is 3. The number of pyridine rings is 1. The number of benzene rings is 1. The van der Waals surface area contributed by atoms with Crippen LogP contribution >= 0.6 is 0 Å². The van der Waals surface area contributed by atoms with E-state index in [1.807, 2.05) is 54.2 Å². The van der Waals surface area contributed by atoms with Crippen molar-refractivity contribution in [2.24, 2.45) is 0 Å². The van der Waals surface area contributed by atoms with Crippen molar-refractivity contribution in [3.63, 3.8) is 0 Å². The summed E-state index contributed by atoms with van der Waals surface area (Å²) >= 11 is 0. The second-order valence-electron chi connectivity index (χ2n) is 5.25. The Hall–Kier alpha value is -2.69. The predicted molar refractivity (Wildman–Crippen MR) is 85.1 cm³/mol. The van der Waals surface area contributed by atoms with Gasteiger partial charge in [0.15, 0.2) is 0 Å². The van der Waals surface area contributed by atoms with Gasteiger partial charge in [0.1, 0.15) is 0 Å². The van der Waals surface area contributed by atoms with Crippen LogP contribution in [0.5, 0.6) is 0 Å². The first-order valence-electron chi connectivity index (χ1n) is 7.34. The van der Waals surface area contributed by atoms with Crippen LogP contribution in [0.25, 0.3) is 10.9 Å². The van der Waals surface area contributed by atoms with Crippen molar-refractivity contribution in [2.45, 2.75) is 25.9 Å². The van der Waals surface area contributed by atoms with Gasteiger partial charge in [-0.2, -0.15) is 5.10 Å². The van der Waals surface area contributed by atoms with Crippen LogP contribution in [0.1, 0.15) is 24.9 Å². The zero-order valence-corrected chi connectivity index (χ0v) is 12.4. The fraction of sp³-hybridized carbons (Fsp3) is 0.235. The molecule has 0 aliphatic carbocycles. The number of nitrogens with one attached hydrogen (secondary N) is 1. The van der Waals surface area contributed by atoms with Crippen molar-refractivity contribution in [3.05, 3.63) is 60.6 Å². The Morgan fingerprint density at radius 2 is 2.09 bits per heavy atom. The number of para-hydroxylation sites is 1. The van der Waals surface area contributed by atoms with Gasteiger partial charge < -0.3 is 5.32 Å². The van der Waals surface area contributed by atoms with Crippen LogP contribution < -0.4 is 5.32 Å². The van der Waals surface area contributed by atoms with Crippen molar-refractivity contribution >= 4 is 16.8 Å². The molecule has 0 saturated heterocycles. The molecule has 1 aromatic carbocycles. The molecule has 3 rings (SSSR count). The number of nitrogens with zero attached hydrogens (tertiary/aromatic N) is 3. The molecule has 0 radical (unpaired) electrons. The molecule has 0 bridgehead atoms. The highest BCUT2D eigenvalue weighted by molar-refractivity contribution is 5.79. The van der Waals surface area contributed by atoms with Gasteiger partial charge in [-0.3, -0.25) is 14.5 Å². The van der Waals surface area contributed by atoms with Crippen LogP contribution in [0.15, 0.2) is 55.0 Å². The van der Waals surface area contributed by atoms with E-state index in [0.717, 1.165) is 16.5 Å². The van der Waals surface area contributed by atoms with E-state index in [1.165, 1.54) is 0 Å². The van der Waals surface area contributed by atoms with Crippen molar-refractivity contribution in [1.29, 1.82) is 0 Å². The molecule has 0 spiro atoms. The lowest BCUT2D eigenvalue weighted by molar-refractivity contribution is -0.122. The molecule has 5 heteroatoms. The molecule has 2 heterocycles. The summed E-state index contributed by atoms with van der Waals surface area (Å²) in [5.74, 6) is 0.0101. The smallest absolute Gasteiger partial charge is 0.222 e. The van der Waals surface area contributed by atoms with Crippen LogP contribution in [-0.2, 0) is 11.3 Å². The summed E-state index contributed by atoms with van der Waals surface area (Å²) in [5, 5.41) is 8.41. The number of rotatable bonds is 5. The molecule has 1 atom stereocenters. The van der Waals surface area contributed by atoms with E-state index in [4.69, 9.17) is 0 Å². The molecular formula is C17H18N4O. The lowest BCUT2D eigenvalue weighted by Crippen LogP contribution is -2.27. The summed E-state index contributed by atoms with van der Waals surface area (Å²) in [6, 6.07) is 11.8. The highest BCUT2D eigenvalue weighted by atomic mass is 16.1. The number of fused-ring (bicyclic) bond motifs is 1. The first-order chi connectivity index (χ1) is 10.7. The molecule has 5 nitrogen and oxygen atoms in total. The lowest BCUT2D eigenvalue weighted by Gasteiger charge is -2.14. The molecule has 0 aliphatic heterocycles.